The van der Waals surface area contributed by atoms with Gasteiger partial charge in [-0.3, -0.25) is 4.79 Å². The molecule has 0 aliphatic heterocycles. The van der Waals surface area contributed by atoms with Gasteiger partial charge in [-0.25, -0.2) is 0 Å². The van der Waals surface area contributed by atoms with Crippen LogP contribution in [0.25, 0.3) is 0 Å². The Bertz CT molecular complexity index is 271. The van der Waals surface area contributed by atoms with Crippen molar-refractivity contribution in [2.75, 3.05) is 0 Å². The van der Waals surface area contributed by atoms with E-state index in [-0.39, 0.29) is 23.7 Å². The van der Waals surface area contributed by atoms with Crippen molar-refractivity contribution >= 4 is 14.2 Å². The van der Waals surface area contributed by atoms with Crippen LogP contribution in [0.5, 0.6) is 0 Å². The average molecular weight is 274 g/mol. The standard InChI is InChI=1S/C13H26O4Si/c1-9(2)13(14)18(15-10(3)4,16-11(5)6)17-12(7)8/h10-12H,1H2,2-8H3. The zero-order valence-corrected chi connectivity index (χ0v) is 13.6. The molecule has 0 atom stereocenters. The molecule has 0 heterocycles. The van der Waals surface area contributed by atoms with Gasteiger partial charge in [0.2, 0.25) is 5.41 Å². The lowest BCUT2D eigenvalue weighted by molar-refractivity contribution is -0.119. The summed E-state index contributed by atoms with van der Waals surface area (Å²) in [5, 5.41) is -0.237. The summed E-state index contributed by atoms with van der Waals surface area (Å²) in [7, 11) is -3.39. The first-order chi connectivity index (χ1) is 8.10. The third kappa shape index (κ3) is 5.43. The van der Waals surface area contributed by atoms with Gasteiger partial charge in [0.15, 0.2) is 0 Å². The molecule has 0 bridgehead atoms. The molecule has 106 valence electrons. The van der Waals surface area contributed by atoms with Crippen LogP contribution >= 0.6 is 0 Å². The summed E-state index contributed by atoms with van der Waals surface area (Å²) < 4.78 is 17.3. The fourth-order valence-corrected chi connectivity index (χ4v) is 4.31. The molecule has 0 aliphatic carbocycles. The van der Waals surface area contributed by atoms with Gasteiger partial charge in [-0.1, -0.05) is 6.58 Å². The molecule has 0 rings (SSSR count). The topological polar surface area (TPSA) is 44.8 Å². The van der Waals surface area contributed by atoms with Gasteiger partial charge >= 0.3 is 8.80 Å². The van der Waals surface area contributed by atoms with Crippen LogP contribution < -0.4 is 0 Å². The molecule has 0 aromatic heterocycles. The molecule has 0 aromatic rings. The Kier molecular flexibility index (Phi) is 6.99. The normalized spacial score (nSPS) is 12.6. The number of allylic oxidation sites excluding steroid dienone is 1. The van der Waals surface area contributed by atoms with Gasteiger partial charge in [-0.05, 0) is 54.0 Å². The highest BCUT2D eigenvalue weighted by Gasteiger charge is 2.52. The quantitative estimate of drug-likeness (QED) is 0.504. The van der Waals surface area contributed by atoms with Crippen LogP contribution in [0.3, 0.4) is 0 Å². The van der Waals surface area contributed by atoms with Gasteiger partial charge in [0.1, 0.15) is 0 Å². The van der Waals surface area contributed by atoms with Crippen LogP contribution in [0, 0.1) is 0 Å². The Hall–Kier alpha value is -0.493. The van der Waals surface area contributed by atoms with Gasteiger partial charge < -0.3 is 13.3 Å². The first-order valence-corrected chi connectivity index (χ1v) is 8.07. The lowest BCUT2D eigenvalue weighted by Crippen LogP contribution is -2.57. The molecule has 0 fully saturated rings. The molecule has 0 radical (unpaired) electrons. The fourth-order valence-electron chi connectivity index (χ4n) is 1.44. The molecule has 5 heteroatoms. The second-order valence-electron chi connectivity index (χ2n) is 5.17. The lowest BCUT2D eigenvalue weighted by Gasteiger charge is -2.33. The first-order valence-electron chi connectivity index (χ1n) is 6.34. The molecular formula is C13H26O4Si. The number of hydrogen-bond donors (Lipinski definition) is 0. The Morgan fingerprint density at radius 1 is 0.889 bits per heavy atom. The Morgan fingerprint density at radius 2 is 1.17 bits per heavy atom. The van der Waals surface area contributed by atoms with Gasteiger partial charge in [-0.2, -0.15) is 0 Å². The molecule has 18 heavy (non-hydrogen) atoms. The van der Waals surface area contributed by atoms with Crippen LogP contribution in [0.4, 0.5) is 0 Å². The second-order valence-corrected chi connectivity index (χ2v) is 7.44. The number of rotatable bonds is 8. The number of hydrogen-bond acceptors (Lipinski definition) is 4. The van der Waals surface area contributed by atoms with E-state index in [1.807, 2.05) is 41.5 Å². The Labute approximate surface area is 112 Å². The highest BCUT2D eigenvalue weighted by molar-refractivity contribution is 6.94. The van der Waals surface area contributed by atoms with E-state index in [4.69, 9.17) is 13.3 Å². The Balaban J connectivity index is 5.37. The van der Waals surface area contributed by atoms with E-state index < -0.39 is 8.80 Å². The SMILES string of the molecule is C=C(C)C(=O)[Si](OC(C)C)(OC(C)C)OC(C)C. The van der Waals surface area contributed by atoms with Crippen molar-refractivity contribution in [2.45, 2.75) is 66.8 Å². The molecule has 4 nitrogen and oxygen atoms in total. The first kappa shape index (κ1) is 17.5. The van der Waals surface area contributed by atoms with Crippen LogP contribution in [-0.2, 0) is 18.1 Å². The van der Waals surface area contributed by atoms with Crippen LogP contribution in [0.2, 0.25) is 0 Å². The van der Waals surface area contributed by atoms with Gasteiger partial charge in [0.25, 0.3) is 0 Å². The largest absolute Gasteiger partial charge is 0.580 e. The molecule has 0 spiro atoms. The molecule has 0 aliphatic rings. The summed E-state index contributed by atoms with van der Waals surface area (Å²) in [6.07, 6.45) is -0.424. The summed E-state index contributed by atoms with van der Waals surface area (Å²) in [6, 6.07) is 0. The van der Waals surface area contributed by atoms with Crippen LogP contribution in [-0.4, -0.2) is 32.5 Å². The van der Waals surface area contributed by atoms with Crippen LogP contribution in [0.1, 0.15) is 48.5 Å². The third-order valence-corrected chi connectivity index (χ3v) is 5.17. The van der Waals surface area contributed by atoms with E-state index in [1.54, 1.807) is 6.92 Å². The molecule has 0 aromatic carbocycles. The highest BCUT2D eigenvalue weighted by atomic mass is 28.4. The van der Waals surface area contributed by atoms with Crippen molar-refractivity contribution in [3.8, 4) is 0 Å². The maximum Gasteiger partial charge on any atom is 0.580 e. The zero-order chi connectivity index (χ0) is 14.5. The van der Waals surface area contributed by atoms with E-state index in [1.165, 1.54) is 0 Å². The number of carbonyl (C=O) groups is 1. The molecule has 0 saturated heterocycles. The minimum absolute atomic E-state index is 0.141. The number of carbonyl (C=O) groups excluding carboxylic acids is 1. The maximum atomic E-state index is 12.4. The monoisotopic (exact) mass is 274 g/mol. The summed E-state index contributed by atoms with van der Waals surface area (Å²) >= 11 is 0. The van der Waals surface area contributed by atoms with E-state index in [2.05, 4.69) is 6.58 Å². The summed E-state index contributed by atoms with van der Waals surface area (Å²) in [6.45, 7) is 16.5. The van der Waals surface area contributed by atoms with Crippen LogP contribution in [0.15, 0.2) is 12.2 Å². The minimum Gasteiger partial charge on any atom is -0.366 e. The van der Waals surface area contributed by atoms with E-state index in [0.29, 0.717) is 5.57 Å². The predicted molar refractivity (Wildman–Crippen MR) is 74.2 cm³/mol. The summed E-state index contributed by atoms with van der Waals surface area (Å²) in [5.74, 6) is 0. The zero-order valence-electron chi connectivity index (χ0n) is 12.6. The van der Waals surface area contributed by atoms with Crippen molar-refractivity contribution < 1.29 is 18.1 Å². The van der Waals surface area contributed by atoms with Gasteiger partial charge in [0, 0.05) is 18.3 Å². The predicted octanol–water partition coefficient (Wildman–Crippen LogP) is 2.88. The molecular weight excluding hydrogens is 248 g/mol. The van der Waals surface area contributed by atoms with Crippen molar-refractivity contribution in [2.24, 2.45) is 0 Å². The van der Waals surface area contributed by atoms with E-state index in [9.17, 15) is 4.79 Å². The van der Waals surface area contributed by atoms with Crippen molar-refractivity contribution in [3.05, 3.63) is 12.2 Å². The average Bonchev–Trinajstić information content (AvgIpc) is 2.12. The van der Waals surface area contributed by atoms with E-state index >= 15 is 0 Å². The second kappa shape index (κ2) is 7.18. The van der Waals surface area contributed by atoms with Gasteiger partial charge in [0.05, 0.1) is 0 Å². The highest BCUT2D eigenvalue weighted by Crippen LogP contribution is 2.21. The third-order valence-electron chi connectivity index (χ3n) is 1.84. The molecule has 0 unspecified atom stereocenters. The minimum atomic E-state index is -3.39. The molecule has 0 saturated carbocycles. The smallest absolute Gasteiger partial charge is 0.366 e. The Morgan fingerprint density at radius 3 is 1.33 bits per heavy atom. The van der Waals surface area contributed by atoms with E-state index in [0.717, 1.165) is 0 Å². The fraction of sp³-hybridized carbons (Fsp3) is 0.769. The lowest BCUT2D eigenvalue weighted by atomic mass is 10.4. The summed E-state index contributed by atoms with van der Waals surface area (Å²) in [5.41, 5.74) is 0.406. The van der Waals surface area contributed by atoms with Gasteiger partial charge in [-0.15, -0.1) is 0 Å². The van der Waals surface area contributed by atoms with Crippen molar-refractivity contribution in [3.63, 3.8) is 0 Å². The van der Waals surface area contributed by atoms with Crippen molar-refractivity contribution in [1.82, 2.24) is 0 Å². The molecule has 0 N–H and O–H groups in total. The maximum absolute atomic E-state index is 12.4. The molecule has 0 amide bonds. The summed E-state index contributed by atoms with van der Waals surface area (Å²) in [4.78, 5) is 12.4. The van der Waals surface area contributed by atoms with Crippen molar-refractivity contribution in [1.29, 1.82) is 0 Å².